The summed E-state index contributed by atoms with van der Waals surface area (Å²) < 4.78 is 0. The van der Waals surface area contributed by atoms with Gasteiger partial charge in [0.15, 0.2) is 0 Å². The van der Waals surface area contributed by atoms with E-state index in [-0.39, 0.29) is 0 Å². The molecule has 1 heteroatoms. The van der Waals surface area contributed by atoms with E-state index in [1.54, 1.807) is 12.8 Å². The SMILES string of the molecule is CCCC1CC(CCCCCCCNC)CC1CC. The number of rotatable bonds is 11. The van der Waals surface area contributed by atoms with Crippen molar-refractivity contribution in [1.29, 1.82) is 0 Å². The zero-order chi connectivity index (χ0) is 13.9. The van der Waals surface area contributed by atoms with Gasteiger partial charge in [0, 0.05) is 0 Å². The summed E-state index contributed by atoms with van der Waals surface area (Å²) in [5.41, 5.74) is 0. The van der Waals surface area contributed by atoms with Gasteiger partial charge in [0.2, 0.25) is 0 Å². The monoisotopic (exact) mass is 267 g/mol. The topological polar surface area (TPSA) is 12.0 Å². The normalized spacial score (nSPS) is 27.0. The summed E-state index contributed by atoms with van der Waals surface area (Å²) in [7, 11) is 2.05. The van der Waals surface area contributed by atoms with Gasteiger partial charge >= 0.3 is 0 Å². The molecule has 3 unspecified atom stereocenters. The van der Waals surface area contributed by atoms with E-state index in [4.69, 9.17) is 0 Å². The lowest BCUT2D eigenvalue weighted by molar-refractivity contribution is 0.352. The van der Waals surface area contributed by atoms with Gasteiger partial charge in [0.05, 0.1) is 0 Å². The zero-order valence-electron chi connectivity index (χ0n) is 13.7. The Morgan fingerprint density at radius 3 is 2.21 bits per heavy atom. The van der Waals surface area contributed by atoms with Crippen LogP contribution in [0, 0.1) is 17.8 Å². The first kappa shape index (κ1) is 17.0. The van der Waals surface area contributed by atoms with E-state index in [1.165, 1.54) is 64.3 Å². The van der Waals surface area contributed by atoms with Gasteiger partial charge in [0.25, 0.3) is 0 Å². The molecular weight excluding hydrogens is 230 g/mol. The third-order valence-electron chi connectivity index (χ3n) is 5.16. The van der Waals surface area contributed by atoms with Gasteiger partial charge in [-0.1, -0.05) is 65.2 Å². The van der Waals surface area contributed by atoms with Crippen LogP contribution in [0.4, 0.5) is 0 Å². The van der Waals surface area contributed by atoms with E-state index in [0.29, 0.717) is 0 Å². The minimum Gasteiger partial charge on any atom is -0.320 e. The Labute approximate surface area is 121 Å². The highest BCUT2D eigenvalue weighted by Gasteiger charge is 2.31. The van der Waals surface area contributed by atoms with Crippen LogP contribution in [0.5, 0.6) is 0 Å². The second kappa shape index (κ2) is 10.7. The molecule has 0 radical (unpaired) electrons. The Balaban J connectivity index is 2.04. The molecule has 0 amide bonds. The molecule has 0 aromatic rings. The second-order valence-corrected chi connectivity index (χ2v) is 6.71. The van der Waals surface area contributed by atoms with Gasteiger partial charge in [-0.15, -0.1) is 0 Å². The molecule has 0 spiro atoms. The standard InChI is InChI=1S/C18H37N/c1-4-11-18-15-16(14-17(18)5-2)12-9-7-6-8-10-13-19-3/h16-19H,4-15H2,1-3H3. The smallest absolute Gasteiger partial charge is 0.00519 e. The van der Waals surface area contributed by atoms with Gasteiger partial charge in [-0.3, -0.25) is 0 Å². The summed E-state index contributed by atoms with van der Waals surface area (Å²) in [6.07, 6.45) is 16.1. The van der Waals surface area contributed by atoms with E-state index < -0.39 is 0 Å². The Bertz CT molecular complexity index is 202. The van der Waals surface area contributed by atoms with Crippen molar-refractivity contribution in [2.75, 3.05) is 13.6 Å². The van der Waals surface area contributed by atoms with Gasteiger partial charge in [-0.25, -0.2) is 0 Å². The summed E-state index contributed by atoms with van der Waals surface area (Å²) in [5.74, 6) is 3.19. The maximum absolute atomic E-state index is 3.23. The molecule has 1 nitrogen and oxygen atoms in total. The molecule has 0 aromatic carbocycles. The molecule has 0 heterocycles. The van der Waals surface area contributed by atoms with Crippen molar-refractivity contribution >= 4 is 0 Å². The third-order valence-corrected chi connectivity index (χ3v) is 5.16. The average molecular weight is 268 g/mol. The van der Waals surface area contributed by atoms with Crippen LogP contribution >= 0.6 is 0 Å². The Hall–Kier alpha value is -0.0400. The Morgan fingerprint density at radius 1 is 0.842 bits per heavy atom. The van der Waals surface area contributed by atoms with Crippen LogP contribution in [0.1, 0.15) is 84.5 Å². The molecule has 1 saturated carbocycles. The zero-order valence-corrected chi connectivity index (χ0v) is 13.7. The van der Waals surface area contributed by atoms with Crippen LogP contribution < -0.4 is 5.32 Å². The lowest BCUT2D eigenvalue weighted by Gasteiger charge is -2.16. The molecule has 114 valence electrons. The summed E-state index contributed by atoms with van der Waals surface area (Å²) in [6, 6.07) is 0. The minimum atomic E-state index is 1.06. The summed E-state index contributed by atoms with van der Waals surface area (Å²) in [6.45, 7) is 5.95. The molecule has 1 aliphatic rings. The van der Waals surface area contributed by atoms with Crippen molar-refractivity contribution < 1.29 is 0 Å². The highest BCUT2D eigenvalue weighted by atomic mass is 14.8. The molecule has 1 fully saturated rings. The van der Waals surface area contributed by atoms with Crippen molar-refractivity contribution in [3.05, 3.63) is 0 Å². The molecule has 0 bridgehead atoms. The number of nitrogens with one attached hydrogen (secondary N) is 1. The highest BCUT2D eigenvalue weighted by Crippen LogP contribution is 2.42. The molecule has 1 N–H and O–H groups in total. The molecule has 0 saturated heterocycles. The van der Waals surface area contributed by atoms with Gasteiger partial charge < -0.3 is 5.32 Å². The largest absolute Gasteiger partial charge is 0.320 e. The summed E-state index contributed by atoms with van der Waals surface area (Å²) >= 11 is 0. The molecule has 1 rings (SSSR count). The van der Waals surface area contributed by atoms with Gasteiger partial charge in [0.1, 0.15) is 0 Å². The Morgan fingerprint density at radius 2 is 1.53 bits per heavy atom. The van der Waals surface area contributed by atoms with Crippen molar-refractivity contribution in [2.24, 2.45) is 17.8 Å². The molecular formula is C18H37N. The van der Waals surface area contributed by atoms with E-state index in [1.807, 2.05) is 0 Å². The fraction of sp³-hybridized carbons (Fsp3) is 1.00. The maximum Gasteiger partial charge on any atom is -0.00519 e. The Kier molecular flexibility index (Phi) is 9.59. The lowest BCUT2D eigenvalue weighted by atomic mass is 9.90. The predicted octanol–water partition coefficient (Wildman–Crippen LogP) is 5.40. The van der Waals surface area contributed by atoms with Crippen molar-refractivity contribution in [2.45, 2.75) is 84.5 Å². The number of unbranched alkanes of at least 4 members (excludes halogenated alkanes) is 4. The van der Waals surface area contributed by atoms with Crippen molar-refractivity contribution in [3.63, 3.8) is 0 Å². The van der Waals surface area contributed by atoms with Crippen molar-refractivity contribution in [1.82, 2.24) is 5.32 Å². The molecule has 0 aromatic heterocycles. The van der Waals surface area contributed by atoms with Crippen LogP contribution in [-0.4, -0.2) is 13.6 Å². The van der Waals surface area contributed by atoms with Crippen LogP contribution in [0.2, 0.25) is 0 Å². The molecule has 19 heavy (non-hydrogen) atoms. The predicted molar refractivity (Wildman–Crippen MR) is 86.5 cm³/mol. The van der Waals surface area contributed by atoms with E-state index in [9.17, 15) is 0 Å². The van der Waals surface area contributed by atoms with Crippen molar-refractivity contribution in [3.8, 4) is 0 Å². The summed E-state index contributed by atoms with van der Waals surface area (Å²) in [5, 5.41) is 3.23. The second-order valence-electron chi connectivity index (χ2n) is 6.71. The molecule has 3 atom stereocenters. The van der Waals surface area contributed by atoms with Crippen LogP contribution in [0.25, 0.3) is 0 Å². The van der Waals surface area contributed by atoms with Crippen LogP contribution in [-0.2, 0) is 0 Å². The average Bonchev–Trinajstić information content (AvgIpc) is 2.80. The maximum atomic E-state index is 3.23. The highest BCUT2D eigenvalue weighted by molar-refractivity contribution is 4.82. The number of hydrogen-bond donors (Lipinski definition) is 1. The van der Waals surface area contributed by atoms with Gasteiger partial charge in [-0.05, 0) is 50.6 Å². The fourth-order valence-electron chi connectivity index (χ4n) is 4.06. The van der Waals surface area contributed by atoms with E-state index in [2.05, 4.69) is 26.2 Å². The number of hydrogen-bond acceptors (Lipinski definition) is 1. The van der Waals surface area contributed by atoms with Crippen LogP contribution in [0.3, 0.4) is 0 Å². The first-order chi connectivity index (χ1) is 9.31. The van der Waals surface area contributed by atoms with E-state index >= 15 is 0 Å². The lowest BCUT2D eigenvalue weighted by Crippen LogP contribution is -2.06. The molecule has 1 aliphatic carbocycles. The fourth-order valence-corrected chi connectivity index (χ4v) is 4.06. The van der Waals surface area contributed by atoms with Gasteiger partial charge in [-0.2, -0.15) is 0 Å². The first-order valence-electron chi connectivity index (χ1n) is 8.96. The third kappa shape index (κ3) is 6.79. The quantitative estimate of drug-likeness (QED) is 0.494. The van der Waals surface area contributed by atoms with E-state index in [0.717, 1.165) is 17.8 Å². The summed E-state index contributed by atoms with van der Waals surface area (Å²) in [4.78, 5) is 0. The first-order valence-corrected chi connectivity index (χ1v) is 8.96. The minimum absolute atomic E-state index is 1.06. The van der Waals surface area contributed by atoms with Crippen LogP contribution in [0.15, 0.2) is 0 Å². The molecule has 0 aliphatic heterocycles.